The monoisotopic (exact) mass is 513 g/mol. The van der Waals surface area contributed by atoms with Gasteiger partial charge in [-0.1, -0.05) is 63.3 Å². The number of nitrogens with two attached hydrogens (primary N) is 1. The summed E-state index contributed by atoms with van der Waals surface area (Å²) < 4.78 is 0. The summed E-state index contributed by atoms with van der Waals surface area (Å²) in [6.07, 6.45) is 4.73. The van der Waals surface area contributed by atoms with Gasteiger partial charge in [0, 0.05) is 18.9 Å². The lowest BCUT2D eigenvalue weighted by Gasteiger charge is -2.28. The van der Waals surface area contributed by atoms with Crippen molar-refractivity contribution in [2.45, 2.75) is 77.5 Å². The minimum absolute atomic E-state index is 0.193. The first-order chi connectivity index (χ1) is 17.5. The zero-order valence-electron chi connectivity index (χ0n) is 22.0. The van der Waals surface area contributed by atoms with Crippen LogP contribution in [0.2, 0.25) is 0 Å². The molecular formula is C27H39N5O5. The summed E-state index contributed by atoms with van der Waals surface area (Å²) in [6, 6.07) is 5.94. The molecule has 0 aromatic heterocycles. The first-order valence-electron chi connectivity index (χ1n) is 12.7. The Morgan fingerprint density at radius 3 is 2.19 bits per heavy atom. The van der Waals surface area contributed by atoms with E-state index in [1.165, 1.54) is 6.92 Å². The number of benzene rings is 1. The fourth-order valence-electron chi connectivity index (χ4n) is 3.98. The van der Waals surface area contributed by atoms with Gasteiger partial charge in [0.25, 0.3) is 0 Å². The Kier molecular flexibility index (Phi) is 11.3. The molecule has 5 atom stereocenters. The van der Waals surface area contributed by atoms with Crippen LogP contribution in [0.3, 0.4) is 0 Å². The first kappa shape index (κ1) is 29.5. The van der Waals surface area contributed by atoms with Crippen molar-refractivity contribution in [1.82, 2.24) is 21.3 Å². The van der Waals surface area contributed by atoms with Crippen molar-refractivity contribution in [1.29, 1.82) is 0 Å². The molecular weight excluding hydrogens is 474 g/mol. The number of carbonyl (C=O) groups is 5. The van der Waals surface area contributed by atoms with Crippen LogP contribution in [0.15, 0.2) is 42.5 Å². The van der Waals surface area contributed by atoms with Crippen LogP contribution in [0.4, 0.5) is 0 Å². The fraction of sp³-hybridized carbons (Fsp3) is 0.519. The Morgan fingerprint density at radius 2 is 1.57 bits per heavy atom. The van der Waals surface area contributed by atoms with Crippen LogP contribution < -0.4 is 27.0 Å². The third-order valence-electron chi connectivity index (χ3n) is 6.37. The molecule has 0 saturated carbocycles. The molecule has 0 spiro atoms. The molecule has 2 rings (SSSR count). The minimum atomic E-state index is -0.924. The highest BCUT2D eigenvalue weighted by molar-refractivity contribution is 5.95. The van der Waals surface area contributed by atoms with E-state index in [1.54, 1.807) is 32.9 Å². The zero-order chi connectivity index (χ0) is 27.5. The lowest BCUT2D eigenvalue weighted by molar-refractivity contribution is -0.134. The Bertz CT molecular complexity index is 994. The van der Waals surface area contributed by atoms with E-state index in [0.29, 0.717) is 12.8 Å². The van der Waals surface area contributed by atoms with Crippen molar-refractivity contribution in [3.63, 3.8) is 0 Å². The number of hydrogen-bond acceptors (Lipinski definition) is 5. The second kappa shape index (κ2) is 14.2. The van der Waals surface area contributed by atoms with Gasteiger partial charge < -0.3 is 27.0 Å². The maximum atomic E-state index is 13.4. The molecule has 0 unspecified atom stereocenters. The van der Waals surface area contributed by atoms with Gasteiger partial charge in [-0.25, -0.2) is 0 Å². The molecule has 6 N–H and O–H groups in total. The number of rotatable bonds is 8. The Labute approximate surface area is 218 Å². The van der Waals surface area contributed by atoms with Crippen LogP contribution >= 0.6 is 0 Å². The Morgan fingerprint density at radius 1 is 0.892 bits per heavy atom. The Balaban J connectivity index is 2.38. The summed E-state index contributed by atoms with van der Waals surface area (Å²) >= 11 is 0. The molecule has 0 radical (unpaired) electrons. The molecule has 1 saturated heterocycles. The van der Waals surface area contributed by atoms with Crippen molar-refractivity contribution in [3.05, 3.63) is 48.0 Å². The van der Waals surface area contributed by atoms with Gasteiger partial charge in [-0.3, -0.25) is 24.0 Å². The van der Waals surface area contributed by atoms with Crippen LogP contribution in [0, 0.1) is 11.8 Å². The van der Waals surface area contributed by atoms with E-state index in [2.05, 4.69) is 21.3 Å². The molecule has 202 valence electrons. The van der Waals surface area contributed by atoms with Crippen LogP contribution in [0.1, 0.15) is 52.5 Å². The maximum Gasteiger partial charge on any atom is 0.243 e. The lowest BCUT2D eigenvalue weighted by atomic mass is 9.94. The van der Waals surface area contributed by atoms with Crippen molar-refractivity contribution >= 4 is 29.5 Å². The highest BCUT2D eigenvalue weighted by Crippen LogP contribution is 2.14. The predicted octanol–water partition coefficient (Wildman–Crippen LogP) is 0.706. The van der Waals surface area contributed by atoms with E-state index in [0.717, 1.165) is 5.56 Å². The van der Waals surface area contributed by atoms with Gasteiger partial charge in [0.05, 0.1) is 5.92 Å². The topological polar surface area (TPSA) is 159 Å². The second-order valence-electron chi connectivity index (χ2n) is 9.83. The SMILES string of the molecule is CC(C)[C@H]1NC(=O)[C@@H](C)[C@@H](C/C=C\CCC(N)=O)NC(=O)[C@@H](Cc2ccccc2)NC(=O)[C@@H](C)NC1=O. The number of nitrogens with one attached hydrogen (secondary N) is 4. The van der Waals surface area contributed by atoms with Crippen molar-refractivity contribution in [2.75, 3.05) is 0 Å². The predicted molar refractivity (Wildman–Crippen MR) is 140 cm³/mol. The number of allylic oxidation sites excluding steroid dienone is 1. The molecule has 10 nitrogen and oxygen atoms in total. The van der Waals surface area contributed by atoms with Gasteiger partial charge in [0.15, 0.2) is 0 Å². The molecule has 1 heterocycles. The Hall–Kier alpha value is -3.69. The van der Waals surface area contributed by atoms with E-state index in [9.17, 15) is 24.0 Å². The lowest BCUT2D eigenvalue weighted by Crippen LogP contribution is -2.56. The van der Waals surface area contributed by atoms with E-state index < -0.39 is 59.6 Å². The van der Waals surface area contributed by atoms with Crippen LogP contribution in [0.25, 0.3) is 0 Å². The van der Waals surface area contributed by atoms with E-state index >= 15 is 0 Å². The standard InChI is InChI=1S/C27H39N5O5/c1-16(2)23-27(37)29-18(4)25(35)31-21(15-19-11-7-5-8-12-19)26(36)30-20(17(3)24(34)32-23)13-9-6-10-14-22(28)33/h5-9,11-12,16-18,20-21,23H,10,13-15H2,1-4H3,(H2,28,33)(H,29,37)(H,30,36)(H,31,35)(H,32,34)/b9-6-/t17-,18+,20+,21+,23+/m0/s1. The average molecular weight is 514 g/mol. The molecule has 1 fully saturated rings. The average Bonchev–Trinajstić information content (AvgIpc) is 2.84. The molecule has 1 aliphatic heterocycles. The van der Waals surface area contributed by atoms with E-state index in [1.807, 2.05) is 30.3 Å². The summed E-state index contributed by atoms with van der Waals surface area (Å²) in [4.78, 5) is 63.5. The minimum Gasteiger partial charge on any atom is -0.370 e. The molecule has 1 aromatic carbocycles. The molecule has 1 aromatic rings. The van der Waals surface area contributed by atoms with Crippen LogP contribution in [0.5, 0.6) is 0 Å². The van der Waals surface area contributed by atoms with Gasteiger partial charge >= 0.3 is 0 Å². The normalized spacial score (nSPS) is 25.8. The zero-order valence-corrected chi connectivity index (χ0v) is 22.0. The highest BCUT2D eigenvalue weighted by Gasteiger charge is 2.34. The highest BCUT2D eigenvalue weighted by atomic mass is 16.2. The summed E-state index contributed by atoms with van der Waals surface area (Å²) in [6.45, 7) is 6.81. The molecule has 0 aliphatic carbocycles. The molecule has 1 aliphatic rings. The first-order valence-corrected chi connectivity index (χ1v) is 12.7. The van der Waals surface area contributed by atoms with Crippen molar-refractivity contribution in [2.24, 2.45) is 17.6 Å². The third kappa shape index (κ3) is 9.36. The van der Waals surface area contributed by atoms with Crippen LogP contribution in [-0.4, -0.2) is 53.7 Å². The van der Waals surface area contributed by atoms with Gasteiger partial charge in [0.1, 0.15) is 18.1 Å². The van der Waals surface area contributed by atoms with Gasteiger partial charge in [0.2, 0.25) is 29.5 Å². The molecule has 37 heavy (non-hydrogen) atoms. The number of hydrogen-bond donors (Lipinski definition) is 5. The quantitative estimate of drug-likeness (QED) is 0.323. The molecule has 10 heteroatoms. The maximum absolute atomic E-state index is 13.4. The van der Waals surface area contributed by atoms with Gasteiger partial charge in [-0.15, -0.1) is 0 Å². The smallest absolute Gasteiger partial charge is 0.243 e. The molecule has 0 bridgehead atoms. The number of amides is 5. The number of primary amides is 1. The largest absolute Gasteiger partial charge is 0.370 e. The van der Waals surface area contributed by atoms with E-state index in [4.69, 9.17) is 5.73 Å². The summed E-state index contributed by atoms with van der Waals surface area (Å²) in [5.74, 6) is -3.15. The molecule has 5 amide bonds. The third-order valence-corrected chi connectivity index (χ3v) is 6.37. The van der Waals surface area contributed by atoms with Crippen molar-refractivity contribution < 1.29 is 24.0 Å². The van der Waals surface area contributed by atoms with Crippen LogP contribution in [-0.2, 0) is 30.4 Å². The second-order valence-corrected chi connectivity index (χ2v) is 9.83. The summed E-state index contributed by atoms with van der Waals surface area (Å²) in [7, 11) is 0. The fourth-order valence-corrected chi connectivity index (χ4v) is 3.98. The summed E-state index contributed by atoms with van der Waals surface area (Å²) in [5.41, 5.74) is 6.03. The number of carbonyl (C=O) groups excluding carboxylic acids is 5. The van der Waals surface area contributed by atoms with Gasteiger partial charge in [-0.05, 0) is 31.2 Å². The van der Waals surface area contributed by atoms with E-state index in [-0.39, 0.29) is 18.8 Å². The van der Waals surface area contributed by atoms with Crippen molar-refractivity contribution in [3.8, 4) is 0 Å². The summed E-state index contributed by atoms with van der Waals surface area (Å²) in [5, 5.41) is 11.1. The van der Waals surface area contributed by atoms with Gasteiger partial charge in [-0.2, -0.15) is 0 Å².